The smallest absolute Gasteiger partial charge is 0.387 e. The normalized spacial score (nSPS) is 27.7. The van der Waals surface area contributed by atoms with Gasteiger partial charge in [0.05, 0.1) is 6.61 Å². The molecule has 1 aromatic heterocycles. The summed E-state index contributed by atoms with van der Waals surface area (Å²) in [5.41, 5.74) is -0.197. The molecule has 0 saturated carbocycles. The van der Waals surface area contributed by atoms with Crippen LogP contribution in [0.1, 0.15) is 18.7 Å². The fourth-order valence-electron chi connectivity index (χ4n) is 2.61. The molecule has 6 atom stereocenters. The molecule has 0 bridgehead atoms. The summed E-state index contributed by atoms with van der Waals surface area (Å²) >= 11 is 5.02. The number of nitrogens with zero attached hydrogens (tertiary/aromatic N) is 1. The fourth-order valence-corrected chi connectivity index (χ4v) is 6.26. The van der Waals surface area contributed by atoms with Crippen molar-refractivity contribution in [3.63, 3.8) is 0 Å². The molecule has 184 valence electrons. The van der Waals surface area contributed by atoms with Crippen LogP contribution in [0.15, 0.2) is 11.0 Å². The summed E-state index contributed by atoms with van der Waals surface area (Å²) in [5.74, 6) is 0. The molecular formula is C12H21N2O14P3S. The highest BCUT2D eigenvalue weighted by Crippen LogP contribution is 2.68. The molecular weight excluding hydrogens is 521 g/mol. The van der Waals surface area contributed by atoms with Crippen LogP contribution < -0.4 is 5.69 Å². The predicted molar refractivity (Wildman–Crippen MR) is 106 cm³/mol. The molecule has 0 spiro atoms. The van der Waals surface area contributed by atoms with Crippen LogP contribution in [-0.2, 0) is 42.5 Å². The second kappa shape index (κ2) is 10.3. The summed E-state index contributed by atoms with van der Waals surface area (Å²) < 4.78 is 57.9. The number of H-pyrrole nitrogens is 1. The number of aryl methyl sites for hydroxylation is 1. The third-order valence-electron chi connectivity index (χ3n) is 4.07. The summed E-state index contributed by atoms with van der Waals surface area (Å²) in [5, 5.41) is 20.5. The first-order valence-electron chi connectivity index (χ1n) is 8.58. The van der Waals surface area contributed by atoms with Crippen LogP contribution in [0.25, 0.3) is 0 Å². The van der Waals surface area contributed by atoms with E-state index in [1.165, 1.54) is 6.20 Å². The Balaban J connectivity index is 2.16. The lowest BCUT2D eigenvalue weighted by atomic mass is 10.1. The van der Waals surface area contributed by atoms with Gasteiger partial charge in [-0.3, -0.25) is 18.6 Å². The Morgan fingerprint density at radius 2 is 1.81 bits per heavy atom. The Morgan fingerprint density at radius 3 is 2.34 bits per heavy atom. The zero-order valence-electron chi connectivity index (χ0n) is 16.4. The van der Waals surface area contributed by atoms with Crippen molar-refractivity contribution < 1.29 is 61.0 Å². The number of phosphoric ester groups is 1. The SMILES string of the molecule is CCc1cn([C@@H]2O[C@H](COP(=O)(OC)OP(=O)(O)OP(=O)(O)O)[C@@H](O)[C@H]2O)c(=O)[nH]c1=S. The Bertz CT molecular complexity index is 1080. The van der Waals surface area contributed by atoms with E-state index in [1.807, 2.05) is 0 Å². The molecule has 32 heavy (non-hydrogen) atoms. The van der Waals surface area contributed by atoms with Gasteiger partial charge in [-0.2, -0.15) is 8.62 Å². The quantitative estimate of drug-likeness (QED) is 0.170. The average Bonchev–Trinajstić information content (AvgIpc) is 2.92. The van der Waals surface area contributed by atoms with Crippen molar-refractivity contribution in [2.45, 2.75) is 37.9 Å². The van der Waals surface area contributed by atoms with Gasteiger partial charge in [0, 0.05) is 18.9 Å². The van der Waals surface area contributed by atoms with E-state index >= 15 is 0 Å². The van der Waals surface area contributed by atoms with Gasteiger partial charge in [0.25, 0.3) is 0 Å². The third kappa shape index (κ3) is 6.95. The minimum atomic E-state index is -5.61. The van der Waals surface area contributed by atoms with E-state index in [4.69, 9.17) is 31.3 Å². The molecule has 2 unspecified atom stereocenters. The van der Waals surface area contributed by atoms with Crippen LogP contribution in [0.5, 0.6) is 0 Å². The average molecular weight is 542 g/mol. The zero-order valence-corrected chi connectivity index (χ0v) is 19.9. The van der Waals surface area contributed by atoms with Gasteiger partial charge in [-0.05, 0) is 6.42 Å². The Labute approximate surface area is 185 Å². The summed E-state index contributed by atoms with van der Waals surface area (Å²) in [4.78, 5) is 41.1. The van der Waals surface area contributed by atoms with E-state index in [1.54, 1.807) is 6.92 Å². The monoisotopic (exact) mass is 542 g/mol. The molecule has 1 saturated heterocycles. The Morgan fingerprint density at radius 1 is 1.19 bits per heavy atom. The first-order chi connectivity index (χ1) is 14.6. The minimum Gasteiger partial charge on any atom is -0.387 e. The first kappa shape index (κ1) is 27.6. The lowest BCUT2D eigenvalue weighted by Gasteiger charge is -2.21. The topological polar surface area (TPSA) is 236 Å². The molecule has 2 rings (SSSR count). The number of phosphoric acid groups is 3. The van der Waals surface area contributed by atoms with Gasteiger partial charge in [0.15, 0.2) is 6.23 Å². The number of aromatic amines is 1. The number of hydrogen-bond acceptors (Lipinski definition) is 12. The molecule has 16 nitrogen and oxygen atoms in total. The maximum absolute atomic E-state index is 12.4. The molecule has 1 fully saturated rings. The summed E-state index contributed by atoms with van der Waals surface area (Å²) in [6.45, 7) is 0.900. The summed E-state index contributed by atoms with van der Waals surface area (Å²) in [7, 11) is -15.4. The molecule has 1 aliphatic heterocycles. The first-order valence-corrected chi connectivity index (χ1v) is 13.5. The van der Waals surface area contributed by atoms with E-state index in [-0.39, 0.29) is 4.64 Å². The van der Waals surface area contributed by atoms with Crippen LogP contribution in [0.4, 0.5) is 0 Å². The van der Waals surface area contributed by atoms with Crippen LogP contribution in [-0.4, -0.2) is 66.5 Å². The number of aliphatic hydroxyl groups excluding tert-OH is 2. The molecule has 20 heteroatoms. The lowest BCUT2D eigenvalue weighted by Crippen LogP contribution is -2.36. The molecule has 1 aliphatic rings. The molecule has 0 amide bonds. The molecule has 0 radical (unpaired) electrons. The standard InChI is InChI=1S/C12H21N2O14P3S/c1-3-6-4-14(12(17)13-10(6)32)11-9(16)8(15)7(26-11)5-25-31(23,24-2)28-30(21,22)27-29(18,19)20/h4,7-9,11,15-16H,3,5H2,1-2H3,(H,21,22)(H,13,17,32)(H2,18,19,20)/t7-,8-,9-,11-,31?/m1/s1. The van der Waals surface area contributed by atoms with Crippen LogP contribution in [0.3, 0.4) is 0 Å². The highest BCUT2D eigenvalue weighted by Gasteiger charge is 2.47. The van der Waals surface area contributed by atoms with E-state index < -0.39 is 60.3 Å². The highest BCUT2D eigenvalue weighted by molar-refractivity contribution is 7.71. The number of ether oxygens (including phenoxy) is 1. The van der Waals surface area contributed by atoms with Crippen LogP contribution in [0.2, 0.25) is 0 Å². The summed E-state index contributed by atoms with van der Waals surface area (Å²) in [6.07, 6.45) is -4.41. The van der Waals surface area contributed by atoms with Gasteiger partial charge >= 0.3 is 29.2 Å². The predicted octanol–water partition coefficient (Wildman–Crippen LogP) is 0.0849. The van der Waals surface area contributed by atoms with Crippen molar-refractivity contribution >= 4 is 35.7 Å². The van der Waals surface area contributed by atoms with Crippen molar-refractivity contribution in [2.24, 2.45) is 0 Å². The second-order valence-corrected chi connectivity index (χ2v) is 11.4. The number of rotatable bonds is 10. The van der Waals surface area contributed by atoms with E-state index in [0.717, 1.165) is 11.7 Å². The van der Waals surface area contributed by atoms with E-state index in [9.17, 15) is 33.6 Å². The molecule has 1 aromatic rings. The number of aromatic nitrogens is 2. The maximum atomic E-state index is 12.4. The van der Waals surface area contributed by atoms with Gasteiger partial charge in [-0.15, -0.1) is 0 Å². The number of hydrogen-bond donors (Lipinski definition) is 6. The van der Waals surface area contributed by atoms with Gasteiger partial charge < -0.3 is 29.6 Å². The molecule has 0 aromatic carbocycles. The number of nitrogens with one attached hydrogen (secondary N) is 1. The van der Waals surface area contributed by atoms with Crippen molar-refractivity contribution in [1.82, 2.24) is 9.55 Å². The summed E-state index contributed by atoms with van der Waals surface area (Å²) in [6, 6.07) is 0. The lowest BCUT2D eigenvalue weighted by molar-refractivity contribution is -0.0547. The van der Waals surface area contributed by atoms with Crippen molar-refractivity contribution in [3.05, 3.63) is 26.9 Å². The van der Waals surface area contributed by atoms with Gasteiger partial charge in [-0.1, -0.05) is 19.1 Å². The minimum absolute atomic E-state index is 0.186. The molecule has 6 N–H and O–H groups in total. The maximum Gasteiger partial charge on any atom is 0.490 e. The largest absolute Gasteiger partial charge is 0.490 e. The van der Waals surface area contributed by atoms with Gasteiger partial charge in [-0.25, -0.2) is 18.5 Å². The van der Waals surface area contributed by atoms with E-state index in [2.05, 4.69) is 18.1 Å². The molecule has 2 heterocycles. The van der Waals surface area contributed by atoms with Gasteiger partial charge in [0.1, 0.15) is 23.0 Å². The van der Waals surface area contributed by atoms with Crippen LogP contribution in [0, 0.1) is 4.64 Å². The van der Waals surface area contributed by atoms with Gasteiger partial charge in [0.2, 0.25) is 0 Å². The van der Waals surface area contributed by atoms with Crippen molar-refractivity contribution in [3.8, 4) is 0 Å². The third-order valence-corrected chi connectivity index (χ3v) is 8.65. The fraction of sp³-hybridized carbons (Fsp3) is 0.667. The highest BCUT2D eigenvalue weighted by atomic mass is 32.1. The Kier molecular flexibility index (Phi) is 8.93. The van der Waals surface area contributed by atoms with E-state index in [0.29, 0.717) is 12.0 Å². The zero-order chi connectivity index (χ0) is 24.5. The van der Waals surface area contributed by atoms with Crippen molar-refractivity contribution in [1.29, 1.82) is 0 Å². The number of aliphatic hydroxyl groups is 2. The van der Waals surface area contributed by atoms with Crippen LogP contribution >= 0.6 is 35.7 Å². The van der Waals surface area contributed by atoms with Crippen molar-refractivity contribution in [2.75, 3.05) is 13.7 Å². The molecule has 0 aliphatic carbocycles. The second-order valence-electron chi connectivity index (χ2n) is 6.27. The Hall–Kier alpha value is -0.610.